The zero-order chi connectivity index (χ0) is 15.0. The molecule has 1 N–H and O–H groups in total. The molecule has 7 heteroatoms. The Balaban J connectivity index is 1.97. The quantitative estimate of drug-likeness (QED) is 0.798. The predicted molar refractivity (Wildman–Crippen MR) is 67.4 cm³/mol. The van der Waals surface area contributed by atoms with E-state index in [1.807, 2.05) is 0 Å². The number of carboxylic acids is 1. The molecule has 0 atom stereocenters. The van der Waals surface area contributed by atoms with Gasteiger partial charge in [-0.15, -0.1) is 0 Å². The summed E-state index contributed by atoms with van der Waals surface area (Å²) in [7, 11) is 0. The van der Waals surface area contributed by atoms with E-state index >= 15 is 0 Å². The van der Waals surface area contributed by atoms with Crippen LogP contribution in [0.25, 0.3) is 11.1 Å². The van der Waals surface area contributed by atoms with Crippen LogP contribution in [0.2, 0.25) is 0 Å². The number of hydrogen-bond donors (Lipinski definition) is 1. The van der Waals surface area contributed by atoms with Crippen molar-refractivity contribution in [2.24, 2.45) is 0 Å². The molecule has 3 rings (SSSR count). The van der Waals surface area contributed by atoms with Gasteiger partial charge in [-0.3, -0.25) is 0 Å². The smallest absolute Gasteiger partial charge is 0.400 e. The van der Waals surface area contributed by atoms with Crippen molar-refractivity contribution in [3.05, 3.63) is 53.6 Å². The topological polar surface area (TPSA) is 72.6 Å². The molecule has 5 nitrogen and oxygen atoms in total. The SMILES string of the molecule is O=C(O)c1ccc2nc(Oc3cc(F)ccc3F)oc2c1. The molecule has 1 aromatic heterocycles. The minimum Gasteiger partial charge on any atom is -0.478 e. The minimum absolute atomic E-state index is 0.0159. The number of rotatable bonds is 3. The molecule has 3 aromatic rings. The van der Waals surface area contributed by atoms with Gasteiger partial charge >= 0.3 is 12.0 Å². The first kappa shape index (κ1) is 13.0. The monoisotopic (exact) mass is 291 g/mol. The average Bonchev–Trinajstić information content (AvgIpc) is 2.84. The molecule has 0 aliphatic rings. The first-order chi connectivity index (χ1) is 10.0. The lowest BCUT2D eigenvalue weighted by atomic mass is 10.2. The number of carbonyl (C=O) groups is 1. The fraction of sp³-hybridized carbons (Fsp3) is 0. The molecule has 0 saturated heterocycles. The third-order valence-corrected chi connectivity index (χ3v) is 2.71. The Kier molecular flexibility index (Phi) is 3.02. The Bertz CT molecular complexity index is 844. The van der Waals surface area contributed by atoms with Crippen molar-refractivity contribution in [3.8, 4) is 11.8 Å². The van der Waals surface area contributed by atoms with Gasteiger partial charge in [0.1, 0.15) is 11.3 Å². The highest BCUT2D eigenvalue weighted by Crippen LogP contribution is 2.28. The number of carboxylic acid groups (broad SMARTS) is 1. The molecule has 0 bridgehead atoms. The number of aromatic carboxylic acids is 1. The fourth-order valence-electron chi connectivity index (χ4n) is 1.73. The molecule has 1 heterocycles. The summed E-state index contributed by atoms with van der Waals surface area (Å²) in [6.45, 7) is 0. The maximum atomic E-state index is 13.4. The Hall–Kier alpha value is -2.96. The molecule has 2 aromatic carbocycles. The maximum absolute atomic E-state index is 13.4. The predicted octanol–water partition coefficient (Wildman–Crippen LogP) is 3.60. The summed E-state index contributed by atoms with van der Waals surface area (Å²) in [6, 6.07) is 6.76. The standard InChI is InChI=1S/C14H7F2NO4/c15-8-2-3-9(16)11(6-8)20-14-17-10-4-1-7(13(18)19)5-12(10)21-14/h1-6H,(H,18,19). The van der Waals surface area contributed by atoms with Gasteiger partial charge in [0.05, 0.1) is 5.56 Å². The molecule has 21 heavy (non-hydrogen) atoms. The zero-order valence-electron chi connectivity index (χ0n) is 10.3. The summed E-state index contributed by atoms with van der Waals surface area (Å²) in [6.07, 6.45) is -0.308. The molecular weight excluding hydrogens is 284 g/mol. The van der Waals surface area contributed by atoms with Gasteiger partial charge in [0.15, 0.2) is 17.1 Å². The van der Waals surface area contributed by atoms with Crippen molar-refractivity contribution >= 4 is 17.1 Å². The number of ether oxygens (including phenoxy) is 1. The lowest BCUT2D eigenvalue weighted by molar-refractivity contribution is 0.0697. The van der Waals surface area contributed by atoms with E-state index in [1.54, 1.807) is 0 Å². The van der Waals surface area contributed by atoms with Crippen LogP contribution in [0.15, 0.2) is 40.8 Å². The van der Waals surface area contributed by atoms with E-state index in [2.05, 4.69) is 4.98 Å². The zero-order valence-corrected chi connectivity index (χ0v) is 10.3. The number of nitrogens with zero attached hydrogens (tertiary/aromatic N) is 1. The molecule has 0 aliphatic heterocycles. The Morgan fingerprint density at radius 1 is 1.19 bits per heavy atom. The Morgan fingerprint density at radius 2 is 2.00 bits per heavy atom. The van der Waals surface area contributed by atoms with Crippen LogP contribution in [-0.4, -0.2) is 16.1 Å². The second-order valence-electron chi connectivity index (χ2n) is 4.14. The summed E-state index contributed by atoms with van der Waals surface area (Å²) >= 11 is 0. The van der Waals surface area contributed by atoms with Gasteiger partial charge in [0.2, 0.25) is 0 Å². The summed E-state index contributed by atoms with van der Waals surface area (Å²) in [4.78, 5) is 14.7. The van der Waals surface area contributed by atoms with Crippen LogP contribution in [-0.2, 0) is 0 Å². The van der Waals surface area contributed by atoms with E-state index in [9.17, 15) is 13.6 Å². The van der Waals surface area contributed by atoms with Crippen LogP contribution in [0.4, 0.5) is 8.78 Å². The summed E-state index contributed by atoms with van der Waals surface area (Å²) in [5.41, 5.74) is 0.524. The van der Waals surface area contributed by atoms with Crippen molar-refractivity contribution < 1.29 is 27.8 Å². The lowest BCUT2D eigenvalue weighted by Gasteiger charge is -2.01. The fourth-order valence-corrected chi connectivity index (χ4v) is 1.73. The van der Waals surface area contributed by atoms with E-state index in [0.29, 0.717) is 5.52 Å². The highest BCUT2D eigenvalue weighted by atomic mass is 19.1. The summed E-state index contributed by atoms with van der Waals surface area (Å²) in [5.74, 6) is -2.94. The Labute approximate surface area is 116 Å². The largest absolute Gasteiger partial charge is 0.478 e. The van der Waals surface area contributed by atoms with Gasteiger partial charge in [-0.2, -0.15) is 4.98 Å². The molecule has 0 spiro atoms. The molecule has 0 fully saturated rings. The summed E-state index contributed by atoms with van der Waals surface area (Å²) in [5, 5.41) is 8.87. The first-order valence-corrected chi connectivity index (χ1v) is 5.80. The molecular formula is C14H7F2NO4. The van der Waals surface area contributed by atoms with Crippen molar-refractivity contribution in [2.75, 3.05) is 0 Å². The van der Waals surface area contributed by atoms with Crippen LogP contribution in [0.3, 0.4) is 0 Å². The van der Waals surface area contributed by atoms with Crippen LogP contribution >= 0.6 is 0 Å². The van der Waals surface area contributed by atoms with Crippen molar-refractivity contribution in [1.82, 2.24) is 4.98 Å². The van der Waals surface area contributed by atoms with Crippen LogP contribution in [0.5, 0.6) is 11.8 Å². The van der Waals surface area contributed by atoms with E-state index in [4.69, 9.17) is 14.3 Å². The van der Waals surface area contributed by atoms with Crippen LogP contribution in [0, 0.1) is 11.6 Å². The van der Waals surface area contributed by atoms with Crippen LogP contribution < -0.4 is 4.74 Å². The number of aromatic nitrogens is 1. The second kappa shape index (κ2) is 4.86. The van der Waals surface area contributed by atoms with Gasteiger partial charge in [-0.05, 0) is 30.3 Å². The minimum atomic E-state index is -1.12. The number of oxazole rings is 1. The third-order valence-electron chi connectivity index (χ3n) is 2.71. The van der Waals surface area contributed by atoms with Crippen molar-refractivity contribution in [2.45, 2.75) is 0 Å². The highest BCUT2D eigenvalue weighted by molar-refractivity contribution is 5.91. The van der Waals surface area contributed by atoms with Crippen LogP contribution in [0.1, 0.15) is 10.4 Å². The van der Waals surface area contributed by atoms with Gasteiger partial charge < -0.3 is 14.3 Å². The highest BCUT2D eigenvalue weighted by Gasteiger charge is 2.13. The molecule has 0 radical (unpaired) electrons. The molecule has 106 valence electrons. The summed E-state index contributed by atoms with van der Waals surface area (Å²) < 4.78 is 36.7. The van der Waals surface area contributed by atoms with Gasteiger partial charge in [-0.1, -0.05) is 0 Å². The van der Waals surface area contributed by atoms with E-state index < -0.39 is 17.6 Å². The van der Waals surface area contributed by atoms with Crippen molar-refractivity contribution in [3.63, 3.8) is 0 Å². The van der Waals surface area contributed by atoms with Gasteiger partial charge in [-0.25, -0.2) is 13.6 Å². The molecule has 0 aliphatic carbocycles. The normalized spacial score (nSPS) is 10.8. The average molecular weight is 291 g/mol. The van der Waals surface area contributed by atoms with E-state index in [-0.39, 0.29) is 23.0 Å². The maximum Gasteiger partial charge on any atom is 0.400 e. The van der Waals surface area contributed by atoms with E-state index in [0.717, 1.165) is 18.2 Å². The Morgan fingerprint density at radius 3 is 2.76 bits per heavy atom. The number of halogens is 2. The second-order valence-corrected chi connectivity index (χ2v) is 4.14. The number of fused-ring (bicyclic) bond motifs is 1. The van der Waals surface area contributed by atoms with Gasteiger partial charge in [0, 0.05) is 6.07 Å². The van der Waals surface area contributed by atoms with E-state index in [1.165, 1.54) is 18.2 Å². The van der Waals surface area contributed by atoms with Crippen molar-refractivity contribution in [1.29, 1.82) is 0 Å². The third kappa shape index (κ3) is 2.53. The number of benzene rings is 2. The first-order valence-electron chi connectivity index (χ1n) is 5.80. The molecule has 0 amide bonds. The van der Waals surface area contributed by atoms with Gasteiger partial charge in [0.25, 0.3) is 0 Å². The molecule has 0 saturated carbocycles. The molecule has 0 unspecified atom stereocenters. The number of hydrogen-bond acceptors (Lipinski definition) is 4. The lowest BCUT2D eigenvalue weighted by Crippen LogP contribution is -1.94.